The van der Waals surface area contributed by atoms with E-state index in [2.05, 4.69) is 10.3 Å². The molecule has 2 heterocycles. The molecule has 1 unspecified atom stereocenters. The molecule has 1 N–H and O–H groups in total. The van der Waals surface area contributed by atoms with Gasteiger partial charge in [-0.15, -0.1) is 11.3 Å². The van der Waals surface area contributed by atoms with Gasteiger partial charge in [-0.2, -0.15) is 0 Å². The highest BCUT2D eigenvalue weighted by Crippen LogP contribution is 2.31. The van der Waals surface area contributed by atoms with Gasteiger partial charge in [0, 0.05) is 13.6 Å². The minimum atomic E-state index is -0.926. The highest BCUT2D eigenvalue weighted by Gasteiger charge is 2.41. The molecule has 1 aromatic carbocycles. The maximum absolute atomic E-state index is 12.4. The summed E-state index contributed by atoms with van der Waals surface area (Å²) >= 11 is 1.64. The van der Waals surface area contributed by atoms with Crippen molar-refractivity contribution >= 4 is 28.9 Å². The number of nitrogens with one attached hydrogen (secondary N) is 1. The summed E-state index contributed by atoms with van der Waals surface area (Å²) in [6.45, 7) is 5.96. The second kappa shape index (κ2) is 6.99. The van der Waals surface area contributed by atoms with Gasteiger partial charge >= 0.3 is 0 Å². The first kappa shape index (κ1) is 18.3. The molecule has 26 heavy (non-hydrogen) atoms. The first-order valence-corrected chi connectivity index (χ1v) is 9.23. The maximum atomic E-state index is 12.4. The normalized spacial score (nSPS) is 18.3. The van der Waals surface area contributed by atoms with Crippen molar-refractivity contribution in [3.05, 3.63) is 40.5 Å². The number of Topliss-reactive ketones (excluding diaryl/α,β-unsaturated/α-hetero) is 1. The lowest BCUT2D eigenvalue weighted by Crippen LogP contribution is -2.37. The van der Waals surface area contributed by atoms with Crippen molar-refractivity contribution in [2.75, 3.05) is 13.6 Å². The molecular formula is C19H21N3O3S. The number of carbonyl (C=O) groups excluding carboxylic acids is 3. The van der Waals surface area contributed by atoms with E-state index >= 15 is 0 Å². The number of nitrogens with zero attached hydrogens (tertiary/aromatic N) is 2. The smallest absolute Gasteiger partial charge is 0.290 e. The predicted molar refractivity (Wildman–Crippen MR) is 99.7 cm³/mol. The quantitative estimate of drug-likeness (QED) is 0.660. The Morgan fingerprint density at radius 3 is 2.65 bits per heavy atom. The van der Waals surface area contributed by atoms with Gasteiger partial charge in [-0.3, -0.25) is 14.4 Å². The summed E-state index contributed by atoms with van der Waals surface area (Å²) in [5.74, 6) is -2.57. The molecule has 7 heteroatoms. The first-order valence-electron chi connectivity index (χ1n) is 8.42. The third-order valence-electron chi connectivity index (χ3n) is 4.56. The average molecular weight is 371 g/mol. The van der Waals surface area contributed by atoms with E-state index in [4.69, 9.17) is 0 Å². The lowest BCUT2D eigenvalue weighted by Gasteiger charge is -2.17. The molecule has 0 bridgehead atoms. The number of carbonyl (C=O) groups is 3. The molecule has 6 nitrogen and oxygen atoms in total. The summed E-state index contributed by atoms with van der Waals surface area (Å²) in [6, 6.07) is 7.65. The van der Waals surface area contributed by atoms with Crippen LogP contribution < -0.4 is 5.32 Å². The van der Waals surface area contributed by atoms with Gasteiger partial charge < -0.3 is 10.2 Å². The van der Waals surface area contributed by atoms with Crippen LogP contribution in [0.2, 0.25) is 0 Å². The second-order valence-corrected chi connectivity index (χ2v) is 7.81. The monoisotopic (exact) mass is 371 g/mol. The van der Waals surface area contributed by atoms with Gasteiger partial charge in [-0.25, -0.2) is 4.98 Å². The van der Waals surface area contributed by atoms with Gasteiger partial charge in [-0.1, -0.05) is 18.2 Å². The Balaban J connectivity index is 1.76. The Hall–Kier alpha value is -2.54. The van der Waals surface area contributed by atoms with Crippen molar-refractivity contribution in [3.63, 3.8) is 0 Å². The summed E-state index contributed by atoms with van der Waals surface area (Å²) in [5.41, 5.74) is 2.98. The number of thiazole rings is 1. The molecule has 0 aliphatic carbocycles. The number of likely N-dealkylation sites (tertiary alicyclic amines) is 1. The second-order valence-electron chi connectivity index (χ2n) is 6.61. The van der Waals surface area contributed by atoms with Crippen molar-refractivity contribution in [3.8, 4) is 10.4 Å². The summed E-state index contributed by atoms with van der Waals surface area (Å²) in [5, 5.41) is 3.87. The Labute approximate surface area is 156 Å². The van der Waals surface area contributed by atoms with Crippen molar-refractivity contribution in [1.29, 1.82) is 0 Å². The zero-order valence-corrected chi connectivity index (χ0v) is 16.0. The number of hydrogen-bond donors (Lipinski definition) is 1. The van der Waals surface area contributed by atoms with Crippen LogP contribution in [0.1, 0.15) is 29.2 Å². The minimum absolute atomic E-state index is 0.135. The van der Waals surface area contributed by atoms with Crippen LogP contribution in [0.15, 0.2) is 24.3 Å². The molecular weight excluding hydrogens is 350 g/mol. The zero-order chi connectivity index (χ0) is 19.0. The third kappa shape index (κ3) is 3.39. The number of rotatable bonds is 4. The summed E-state index contributed by atoms with van der Waals surface area (Å²) in [7, 11) is 1.53. The standard InChI is InChI=1S/C19H21N3O3S/c1-10(21-18(24)15-9-22(4)19(25)16(15)23)13-6-5-7-14(8-13)17-11(2)20-12(3)26-17/h5-8,10,15H,9H2,1-4H3,(H,21,24)/t10-,15?/m1/s1. The summed E-state index contributed by atoms with van der Waals surface area (Å²) < 4.78 is 0. The SMILES string of the molecule is Cc1nc(C)c(-c2cccc([C@@H](C)NC(=O)C3CN(C)C(=O)C3=O)c2)s1. The molecule has 1 aliphatic heterocycles. The Kier molecular flexibility index (Phi) is 4.91. The van der Waals surface area contributed by atoms with E-state index in [1.165, 1.54) is 11.9 Å². The number of amides is 2. The van der Waals surface area contributed by atoms with Crippen LogP contribution in [-0.4, -0.2) is 41.1 Å². The molecule has 1 saturated heterocycles. The summed E-state index contributed by atoms with van der Waals surface area (Å²) in [4.78, 5) is 42.8. The molecule has 1 aliphatic rings. The maximum Gasteiger partial charge on any atom is 0.290 e. The van der Waals surface area contributed by atoms with Crippen LogP contribution >= 0.6 is 11.3 Å². The number of ketones is 1. The van der Waals surface area contributed by atoms with E-state index in [1.54, 1.807) is 11.3 Å². The third-order valence-corrected chi connectivity index (χ3v) is 5.68. The van der Waals surface area contributed by atoms with Gasteiger partial charge in [0.15, 0.2) is 0 Å². The van der Waals surface area contributed by atoms with Gasteiger partial charge in [-0.05, 0) is 38.0 Å². The predicted octanol–water partition coefficient (Wildman–Crippen LogP) is 2.26. The van der Waals surface area contributed by atoms with Gasteiger partial charge in [0.25, 0.3) is 5.91 Å². The Morgan fingerprint density at radius 2 is 2.08 bits per heavy atom. The van der Waals surface area contributed by atoms with Crippen LogP contribution in [0.5, 0.6) is 0 Å². The molecule has 2 amide bonds. The van der Waals surface area contributed by atoms with Crippen molar-refractivity contribution in [2.45, 2.75) is 26.8 Å². The number of hydrogen-bond acceptors (Lipinski definition) is 5. The van der Waals surface area contributed by atoms with E-state index in [0.29, 0.717) is 0 Å². The fourth-order valence-electron chi connectivity index (χ4n) is 3.12. The largest absolute Gasteiger partial charge is 0.349 e. The molecule has 0 spiro atoms. The van der Waals surface area contributed by atoms with E-state index in [0.717, 1.165) is 26.7 Å². The van der Waals surface area contributed by atoms with Crippen LogP contribution in [0.25, 0.3) is 10.4 Å². The van der Waals surface area contributed by atoms with Crippen molar-refractivity contribution in [1.82, 2.24) is 15.2 Å². The average Bonchev–Trinajstić information content (AvgIpc) is 3.08. The van der Waals surface area contributed by atoms with Gasteiger partial charge in [0.1, 0.15) is 5.92 Å². The van der Waals surface area contributed by atoms with Crippen LogP contribution in [0.4, 0.5) is 0 Å². The van der Waals surface area contributed by atoms with Crippen LogP contribution in [0.3, 0.4) is 0 Å². The molecule has 3 rings (SSSR count). The molecule has 0 saturated carbocycles. The molecule has 2 atom stereocenters. The van der Waals surface area contributed by atoms with Gasteiger partial charge in [0.2, 0.25) is 11.7 Å². The topological polar surface area (TPSA) is 79.4 Å². The number of aromatic nitrogens is 1. The highest BCUT2D eigenvalue weighted by molar-refractivity contribution is 7.15. The van der Waals surface area contributed by atoms with Crippen LogP contribution in [0, 0.1) is 19.8 Å². The fraction of sp³-hybridized carbons (Fsp3) is 0.368. The number of aryl methyl sites for hydroxylation is 2. The zero-order valence-electron chi connectivity index (χ0n) is 15.2. The summed E-state index contributed by atoms with van der Waals surface area (Å²) in [6.07, 6.45) is 0. The Morgan fingerprint density at radius 1 is 1.35 bits per heavy atom. The van der Waals surface area contributed by atoms with Gasteiger partial charge in [0.05, 0.1) is 21.6 Å². The fourth-order valence-corrected chi connectivity index (χ4v) is 4.04. The van der Waals surface area contributed by atoms with E-state index in [9.17, 15) is 14.4 Å². The molecule has 2 aromatic rings. The lowest BCUT2D eigenvalue weighted by molar-refractivity contribution is -0.142. The number of likely N-dealkylation sites (N-methyl/N-ethyl adjacent to an activating group) is 1. The Bertz CT molecular complexity index is 890. The van der Waals surface area contributed by atoms with E-state index in [-0.39, 0.29) is 12.6 Å². The van der Waals surface area contributed by atoms with E-state index < -0.39 is 23.5 Å². The molecule has 1 aromatic heterocycles. The lowest BCUT2D eigenvalue weighted by atomic mass is 10.0. The van der Waals surface area contributed by atoms with Crippen molar-refractivity contribution in [2.24, 2.45) is 5.92 Å². The molecule has 0 radical (unpaired) electrons. The minimum Gasteiger partial charge on any atom is -0.349 e. The van der Waals surface area contributed by atoms with Crippen molar-refractivity contribution < 1.29 is 14.4 Å². The van der Waals surface area contributed by atoms with E-state index in [1.807, 2.05) is 45.0 Å². The number of benzene rings is 1. The molecule has 1 fully saturated rings. The molecule has 136 valence electrons. The van der Waals surface area contributed by atoms with Crippen LogP contribution in [-0.2, 0) is 14.4 Å². The first-order chi connectivity index (χ1) is 12.3. The highest BCUT2D eigenvalue weighted by atomic mass is 32.1.